The zero-order chi connectivity index (χ0) is 11.8. The Hall–Kier alpha value is -1.60. The predicted octanol–water partition coefficient (Wildman–Crippen LogP) is 1.86. The normalized spacial score (nSPS) is 10.1. The van der Waals surface area contributed by atoms with Gasteiger partial charge in [-0.1, -0.05) is 13.0 Å². The lowest BCUT2D eigenvalue weighted by atomic mass is 10.2. The fourth-order valence-corrected chi connectivity index (χ4v) is 1.48. The first-order chi connectivity index (χ1) is 7.80. The number of aromatic nitrogens is 1. The third-order valence-electron chi connectivity index (χ3n) is 2.47. The van der Waals surface area contributed by atoms with Gasteiger partial charge in [-0.05, 0) is 18.2 Å². The minimum atomic E-state index is 0.579. The van der Waals surface area contributed by atoms with Crippen molar-refractivity contribution in [2.75, 3.05) is 25.5 Å². The molecule has 1 rings (SSSR count). The Kier molecular flexibility index (Phi) is 5.30. The molecule has 0 saturated carbocycles. The smallest absolute Gasteiger partial charge is 0.125 e. The summed E-state index contributed by atoms with van der Waals surface area (Å²) in [7, 11) is 1.85. The molecule has 0 atom stereocenters. The van der Waals surface area contributed by atoms with Crippen LogP contribution in [0.5, 0.6) is 0 Å². The van der Waals surface area contributed by atoms with E-state index in [1.165, 1.54) is 5.56 Å². The van der Waals surface area contributed by atoms with Crippen molar-refractivity contribution in [1.82, 2.24) is 9.88 Å². The van der Waals surface area contributed by atoms with Gasteiger partial charge in [-0.2, -0.15) is 5.26 Å². The molecule has 1 N–H and O–H groups in total. The van der Waals surface area contributed by atoms with Gasteiger partial charge in [0.2, 0.25) is 0 Å². The van der Waals surface area contributed by atoms with Gasteiger partial charge in [0.05, 0.1) is 6.07 Å². The van der Waals surface area contributed by atoms with Gasteiger partial charge in [0, 0.05) is 32.8 Å². The number of nitriles is 1. The Balaban J connectivity index is 2.53. The van der Waals surface area contributed by atoms with Crippen molar-refractivity contribution in [3.8, 4) is 6.07 Å². The molecule has 0 unspecified atom stereocenters. The molecule has 0 aliphatic heterocycles. The van der Waals surface area contributed by atoms with Crippen LogP contribution in [0, 0.1) is 11.3 Å². The molecule has 86 valence electrons. The Bertz CT molecular complexity index is 339. The van der Waals surface area contributed by atoms with Crippen molar-refractivity contribution in [3.63, 3.8) is 0 Å². The van der Waals surface area contributed by atoms with Crippen molar-refractivity contribution >= 4 is 5.82 Å². The molecule has 1 aromatic rings. The van der Waals surface area contributed by atoms with Gasteiger partial charge < -0.3 is 5.32 Å². The van der Waals surface area contributed by atoms with Crippen molar-refractivity contribution < 1.29 is 0 Å². The van der Waals surface area contributed by atoms with Crippen molar-refractivity contribution in [2.24, 2.45) is 0 Å². The molecule has 0 radical (unpaired) electrons. The average molecular weight is 218 g/mol. The molecular weight excluding hydrogens is 200 g/mol. The molecule has 1 aromatic heterocycles. The lowest BCUT2D eigenvalue weighted by Gasteiger charge is -2.18. The minimum absolute atomic E-state index is 0.579. The molecule has 0 fully saturated rings. The van der Waals surface area contributed by atoms with Crippen LogP contribution in [0.25, 0.3) is 0 Å². The Morgan fingerprint density at radius 2 is 2.31 bits per heavy atom. The molecule has 1 heterocycles. The van der Waals surface area contributed by atoms with E-state index in [1.807, 2.05) is 19.3 Å². The Morgan fingerprint density at radius 1 is 1.50 bits per heavy atom. The second-order valence-electron chi connectivity index (χ2n) is 3.58. The molecule has 0 saturated heterocycles. The lowest BCUT2D eigenvalue weighted by Crippen LogP contribution is -2.23. The highest BCUT2D eigenvalue weighted by atomic mass is 15.1. The summed E-state index contributed by atoms with van der Waals surface area (Å²) in [6.45, 7) is 4.73. The van der Waals surface area contributed by atoms with Crippen LogP contribution in [0.1, 0.15) is 18.9 Å². The Labute approximate surface area is 96.9 Å². The summed E-state index contributed by atoms with van der Waals surface area (Å²) in [6.07, 6.45) is 2.46. The van der Waals surface area contributed by atoms with Crippen molar-refractivity contribution in [3.05, 3.63) is 23.9 Å². The van der Waals surface area contributed by atoms with E-state index in [9.17, 15) is 0 Å². The third kappa shape index (κ3) is 3.87. The van der Waals surface area contributed by atoms with Crippen LogP contribution < -0.4 is 5.32 Å². The van der Waals surface area contributed by atoms with Gasteiger partial charge >= 0.3 is 0 Å². The monoisotopic (exact) mass is 218 g/mol. The summed E-state index contributed by atoms with van der Waals surface area (Å²) in [5.41, 5.74) is 1.18. The lowest BCUT2D eigenvalue weighted by molar-refractivity contribution is 0.286. The fourth-order valence-electron chi connectivity index (χ4n) is 1.48. The quantitative estimate of drug-likeness (QED) is 0.791. The molecule has 4 nitrogen and oxygen atoms in total. The van der Waals surface area contributed by atoms with E-state index in [4.69, 9.17) is 5.26 Å². The predicted molar refractivity (Wildman–Crippen MR) is 65.0 cm³/mol. The van der Waals surface area contributed by atoms with E-state index in [0.29, 0.717) is 6.42 Å². The summed E-state index contributed by atoms with van der Waals surface area (Å²) in [5, 5.41) is 11.5. The van der Waals surface area contributed by atoms with Gasteiger partial charge in [-0.15, -0.1) is 0 Å². The van der Waals surface area contributed by atoms with Gasteiger partial charge in [0.1, 0.15) is 5.82 Å². The zero-order valence-corrected chi connectivity index (χ0v) is 9.90. The summed E-state index contributed by atoms with van der Waals surface area (Å²) in [5.74, 6) is 0.879. The first-order valence-corrected chi connectivity index (χ1v) is 5.52. The molecule has 0 bridgehead atoms. The zero-order valence-electron chi connectivity index (χ0n) is 9.90. The molecule has 0 aliphatic rings. The van der Waals surface area contributed by atoms with E-state index in [1.54, 1.807) is 0 Å². The van der Waals surface area contributed by atoms with E-state index < -0.39 is 0 Å². The Morgan fingerprint density at radius 3 is 2.81 bits per heavy atom. The second kappa shape index (κ2) is 6.81. The summed E-state index contributed by atoms with van der Waals surface area (Å²) < 4.78 is 0. The van der Waals surface area contributed by atoms with Gasteiger partial charge in [0.25, 0.3) is 0 Å². The highest BCUT2D eigenvalue weighted by molar-refractivity contribution is 5.34. The number of anilines is 1. The van der Waals surface area contributed by atoms with Gasteiger partial charge in [-0.3, -0.25) is 4.90 Å². The maximum atomic E-state index is 8.55. The van der Waals surface area contributed by atoms with Crippen LogP contribution in [0.2, 0.25) is 0 Å². The maximum Gasteiger partial charge on any atom is 0.125 e. The number of hydrogen-bond donors (Lipinski definition) is 1. The molecule has 0 amide bonds. The van der Waals surface area contributed by atoms with Crippen LogP contribution in [0.15, 0.2) is 18.3 Å². The molecule has 0 spiro atoms. The van der Waals surface area contributed by atoms with E-state index in [0.717, 1.165) is 25.5 Å². The SMILES string of the molecule is CCN(CCC#N)Cc1ccc(NC)nc1. The molecule has 16 heavy (non-hydrogen) atoms. The minimum Gasteiger partial charge on any atom is -0.373 e. The first-order valence-electron chi connectivity index (χ1n) is 5.52. The summed E-state index contributed by atoms with van der Waals surface area (Å²) in [4.78, 5) is 6.50. The largest absolute Gasteiger partial charge is 0.373 e. The third-order valence-corrected chi connectivity index (χ3v) is 2.47. The van der Waals surface area contributed by atoms with Crippen LogP contribution in [-0.4, -0.2) is 30.0 Å². The summed E-state index contributed by atoms with van der Waals surface area (Å²) in [6, 6.07) is 6.20. The van der Waals surface area contributed by atoms with Gasteiger partial charge in [-0.25, -0.2) is 4.98 Å². The number of pyridine rings is 1. The van der Waals surface area contributed by atoms with E-state index in [-0.39, 0.29) is 0 Å². The van der Waals surface area contributed by atoms with Gasteiger partial charge in [0.15, 0.2) is 0 Å². The van der Waals surface area contributed by atoms with Crippen molar-refractivity contribution in [1.29, 1.82) is 5.26 Å². The van der Waals surface area contributed by atoms with E-state index in [2.05, 4.69) is 34.3 Å². The number of hydrogen-bond acceptors (Lipinski definition) is 4. The number of nitrogens with zero attached hydrogens (tertiary/aromatic N) is 3. The van der Waals surface area contributed by atoms with Crippen LogP contribution in [0.3, 0.4) is 0 Å². The van der Waals surface area contributed by atoms with Crippen LogP contribution in [-0.2, 0) is 6.54 Å². The highest BCUT2D eigenvalue weighted by Gasteiger charge is 2.03. The standard InChI is InChI=1S/C12H18N4/c1-3-16(8-4-7-13)10-11-5-6-12(14-2)15-9-11/h5-6,9H,3-4,8,10H2,1-2H3,(H,14,15). The average Bonchev–Trinajstić information content (AvgIpc) is 2.35. The van der Waals surface area contributed by atoms with Crippen molar-refractivity contribution in [2.45, 2.75) is 19.9 Å². The van der Waals surface area contributed by atoms with E-state index >= 15 is 0 Å². The molecular formula is C12H18N4. The number of nitrogens with one attached hydrogen (secondary N) is 1. The molecule has 0 aliphatic carbocycles. The fraction of sp³-hybridized carbons (Fsp3) is 0.500. The topological polar surface area (TPSA) is 52.0 Å². The molecule has 4 heteroatoms. The first kappa shape index (κ1) is 12.5. The second-order valence-corrected chi connectivity index (χ2v) is 3.58. The maximum absolute atomic E-state index is 8.55. The van der Waals surface area contributed by atoms with Crippen LogP contribution >= 0.6 is 0 Å². The number of rotatable bonds is 6. The van der Waals surface area contributed by atoms with Crippen LogP contribution in [0.4, 0.5) is 5.82 Å². The summed E-state index contributed by atoms with van der Waals surface area (Å²) >= 11 is 0. The molecule has 0 aromatic carbocycles. The highest BCUT2D eigenvalue weighted by Crippen LogP contribution is 2.07.